The first-order valence-corrected chi connectivity index (χ1v) is 6.94. The fourth-order valence-electron chi connectivity index (χ4n) is 2.62. The largest absolute Gasteiger partial charge is 0.317 e. The van der Waals surface area contributed by atoms with Gasteiger partial charge in [-0.05, 0) is 44.2 Å². The number of carbonyl (C=O) groups is 1. The van der Waals surface area contributed by atoms with Gasteiger partial charge < -0.3 is 5.32 Å². The Hall–Kier alpha value is -0.370. The molecule has 0 aromatic heterocycles. The van der Waals surface area contributed by atoms with E-state index in [4.69, 9.17) is 0 Å². The van der Waals surface area contributed by atoms with Crippen LogP contribution in [0.2, 0.25) is 0 Å². The Morgan fingerprint density at radius 1 is 1.38 bits per heavy atom. The number of ketones is 1. The summed E-state index contributed by atoms with van der Waals surface area (Å²) in [5.41, 5.74) is 0. The van der Waals surface area contributed by atoms with Crippen LogP contribution in [0.3, 0.4) is 0 Å². The molecule has 1 rings (SSSR count). The topological polar surface area (TPSA) is 29.1 Å². The van der Waals surface area contributed by atoms with Crippen molar-refractivity contribution in [3.05, 3.63) is 0 Å². The Morgan fingerprint density at radius 3 is 2.69 bits per heavy atom. The number of nitrogens with one attached hydrogen (secondary N) is 1. The van der Waals surface area contributed by atoms with Crippen molar-refractivity contribution >= 4 is 5.78 Å². The predicted molar refractivity (Wildman–Crippen MR) is 68.5 cm³/mol. The first kappa shape index (κ1) is 13.7. The minimum atomic E-state index is 0.486. The summed E-state index contributed by atoms with van der Waals surface area (Å²) in [6.07, 6.45) is 7.66. The number of rotatable bonds is 7. The molecule has 0 aromatic carbocycles. The molecule has 1 heterocycles. The third kappa shape index (κ3) is 5.64. The standard InChI is InChI=1S/C14H27NO/c1-3-4-12(2)11-14(16)6-5-13-7-9-15-10-8-13/h12-13,15H,3-11H2,1-2H3. The van der Waals surface area contributed by atoms with Crippen molar-refractivity contribution in [1.29, 1.82) is 0 Å². The van der Waals surface area contributed by atoms with Gasteiger partial charge in [-0.2, -0.15) is 0 Å². The summed E-state index contributed by atoms with van der Waals surface area (Å²) in [5.74, 6) is 1.87. The Kier molecular flexibility index (Phi) is 6.70. The molecule has 94 valence electrons. The van der Waals surface area contributed by atoms with Crippen LogP contribution in [0.5, 0.6) is 0 Å². The average molecular weight is 225 g/mol. The first-order valence-electron chi connectivity index (χ1n) is 6.94. The quantitative estimate of drug-likeness (QED) is 0.721. The minimum Gasteiger partial charge on any atom is -0.317 e. The van der Waals surface area contributed by atoms with Crippen LogP contribution >= 0.6 is 0 Å². The molecule has 0 aromatic rings. The molecule has 16 heavy (non-hydrogen) atoms. The molecule has 0 aliphatic carbocycles. The van der Waals surface area contributed by atoms with E-state index >= 15 is 0 Å². The minimum absolute atomic E-state index is 0.486. The second-order valence-electron chi connectivity index (χ2n) is 5.37. The van der Waals surface area contributed by atoms with Gasteiger partial charge in [0.05, 0.1) is 0 Å². The van der Waals surface area contributed by atoms with E-state index in [-0.39, 0.29) is 0 Å². The molecule has 1 saturated heterocycles. The van der Waals surface area contributed by atoms with Gasteiger partial charge in [0.15, 0.2) is 0 Å². The summed E-state index contributed by atoms with van der Waals surface area (Å²) >= 11 is 0. The van der Waals surface area contributed by atoms with Crippen LogP contribution in [0.25, 0.3) is 0 Å². The summed E-state index contributed by atoms with van der Waals surface area (Å²) in [7, 11) is 0. The molecule has 1 N–H and O–H groups in total. The van der Waals surface area contributed by atoms with E-state index in [1.807, 2.05) is 0 Å². The fourth-order valence-corrected chi connectivity index (χ4v) is 2.62. The highest BCUT2D eigenvalue weighted by Gasteiger charge is 2.15. The Balaban J connectivity index is 2.09. The highest BCUT2D eigenvalue weighted by atomic mass is 16.1. The maximum Gasteiger partial charge on any atom is 0.133 e. The summed E-state index contributed by atoms with van der Waals surface area (Å²) in [4.78, 5) is 11.8. The van der Waals surface area contributed by atoms with Crippen LogP contribution in [0.4, 0.5) is 0 Å². The lowest BCUT2D eigenvalue weighted by atomic mass is 9.90. The van der Waals surface area contributed by atoms with Crippen molar-refractivity contribution in [1.82, 2.24) is 5.32 Å². The van der Waals surface area contributed by atoms with Gasteiger partial charge in [-0.25, -0.2) is 0 Å². The number of hydrogen-bond donors (Lipinski definition) is 1. The Morgan fingerprint density at radius 2 is 2.06 bits per heavy atom. The van der Waals surface area contributed by atoms with E-state index in [1.54, 1.807) is 0 Å². The molecule has 1 atom stereocenters. The molecule has 0 saturated carbocycles. The normalized spacial score (nSPS) is 19.6. The van der Waals surface area contributed by atoms with E-state index in [0.29, 0.717) is 11.7 Å². The molecule has 0 bridgehead atoms. The average Bonchev–Trinajstić information content (AvgIpc) is 2.28. The van der Waals surface area contributed by atoms with Crippen LogP contribution in [0, 0.1) is 11.8 Å². The van der Waals surface area contributed by atoms with E-state index < -0.39 is 0 Å². The predicted octanol–water partition coefficient (Wildman–Crippen LogP) is 3.16. The molecule has 1 aliphatic rings. The first-order chi connectivity index (χ1) is 7.72. The summed E-state index contributed by atoms with van der Waals surface area (Å²) in [6.45, 7) is 6.68. The fraction of sp³-hybridized carbons (Fsp3) is 0.929. The summed E-state index contributed by atoms with van der Waals surface area (Å²) in [6, 6.07) is 0. The maximum atomic E-state index is 11.8. The smallest absolute Gasteiger partial charge is 0.133 e. The van der Waals surface area contributed by atoms with Gasteiger partial charge in [0.1, 0.15) is 5.78 Å². The molecule has 2 heteroatoms. The molecule has 0 radical (unpaired) electrons. The van der Waals surface area contributed by atoms with E-state index in [2.05, 4.69) is 19.2 Å². The van der Waals surface area contributed by atoms with Crippen molar-refractivity contribution in [3.8, 4) is 0 Å². The zero-order valence-corrected chi connectivity index (χ0v) is 10.9. The van der Waals surface area contributed by atoms with Crippen molar-refractivity contribution < 1.29 is 4.79 Å². The molecular weight excluding hydrogens is 198 g/mol. The SMILES string of the molecule is CCCC(C)CC(=O)CCC1CCNCC1. The second-order valence-corrected chi connectivity index (χ2v) is 5.37. The molecule has 2 nitrogen and oxygen atoms in total. The van der Waals surface area contributed by atoms with Crippen LogP contribution in [0.15, 0.2) is 0 Å². The highest BCUT2D eigenvalue weighted by molar-refractivity contribution is 5.78. The van der Waals surface area contributed by atoms with Crippen LogP contribution < -0.4 is 5.32 Å². The molecular formula is C14H27NO. The van der Waals surface area contributed by atoms with Gasteiger partial charge >= 0.3 is 0 Å². The molecule has 0 amide bonds. The lowest BCUT2D eigenvalue weighted by Crippen LogP contribution is -2.28. The van der Waals surface area contributed by atoms with Gasteiger partial charge in [0.2, 0.25) is 0 Å². The van der Waals surface area contributed by atoms with Crippen molar-refractivity contribution in [2.75, 3.05) is 13.1 Å². The number of piperidine rings is 1. The van der Waals surface area contributed by atoms with Gasteiger partial charge in [0, 0.05) is 12.8 Å². The Bertz CT molecular complexity index is 197. The van der Waals surface area contributed by atoms with Crippen molar-refractivity contribution in [2.24, 2.45) is 11.8 Å². The van der Waals surface area contributed by atoms with E-state index in [0.717, 1.165) is 38.3 Å². The molecule has 1 aliphatic heterocycles. The zero-order valence-electron chi connectivity index (χ0n) is 10.9. The van der Waals surface area contributed by atoms with Gasteiger partial charge in [-0.1, -0.05) is 26.7 Å². The summed E-state index contributed by atoms with van der Waals surface area (Å²) < 4.78 is 0. The zero-order chi connectivity index (χ0) is 11.8. The van der Waals surface area contributed by atoms with Crippen molar-refractivity contribution in [3.63, 3.8) is 0 Å². The van der Waals surface area contributed by atoms with Crippen LogP contribution in [0.1, 0.15) is 58.8 Å². The number of hydrogen-bond acceptors (Lipinski definition) is 2. The second kappa shape index (κ2) is 7.83. The van der Waals surface area contributed by atoms with Crippen LogP contribution in [-0.2, 0) is 4.79 Å². The maximum absolute atomic E-state index is 11.8. The monoisotopic (exact) mass is 225 g/mol. The van der Waals surface area contributed by atoms with Gasteiger partial charge in [0.25, 0.3) is 0 Å². The molecule has 1 fully saturated rings. The summed E-state index contributed by atoms with van der Waals surface area (Å²) in [5, 5.41) is 3.37. The van der Waals surface area contributed by atoms with Crippen molar-refractivity contribution in [2.45, 2.75) is 58.8 Å². The number of Topliss-reactive ketones (excluding diaryl/α,β-unsaturated/α-hetero) is 1. The lowest BCUT2D eigenvalue weighted by Gasteiger charge is -2.22. The van der Waals surface area contributed by atoms with Crippen LogP contribution in [-0.4, -0.2) is 18.9 Å². The van der Waals surface area contributed by atoms with E-state index in [1.165, 1.54) is 25.7 Å². The van der Waals surface area contributed by atoms with E-state index in [9.17, 15) is 4.79 Å². The lowest BCUT2D eigenvalue weighted by molar-refractivity contribution is -0.120. The molecule has 1 unspecified atom stereocenters. The van der Waals surface area contributed by atoms with Gasteiger partial charge in [-0.3, -0.25) is 4.79 Å². The Labute approximate surface area is 100 Å². The number of carbonyl (C=O) groups excluding carboxylic acids is 1. The third-order valence-corrected chi connectivity index (χ3v) is 3.65. The molecule has 0 spiro atoms. The third-order valence-electron chi connectivity index (χ3n) is 3.65. The van der Waals surface area contributed by atoms with Gasteiger partial charge in [-0.15, -0.1) is 0 Å². The highest BCUT2D eigenvalue weighted by Crippen LogP contribution is 2.19.